The molecule has 1 aliphatic carbocycles. The second-order valence-electron chi connectivity index (χ2n) is 5.82. The molecular weight excluding hydrogens is 200 g/mol. The fourth-order valence-electron chi connectivity index (χ4n) is 2.79. The number of likely N-dealkylation sites (tertiary alicyclic amines) is 1. The van der Waals surface area contributed by atoms with Crippen molar-refractivity contribution in [3.8, 4) is 0 Å². The summed E-state index contributed by atoms with van der Waals surface area (Å²) in [6.07, 6.45) is 4.07. The summed E-state index contributed by atoms with van der Waals surface area (Å²) in [5, 5.41) is 12.8. The summed E-state index contributed by atoms with van der Waals surface area (Å²) in [6.45, 7) is 8.12. The Kier molecular flexibility index (Phi) is 3.88. The number of nitrogens with one attached hydrogen (secondary N) is 1. The van der Waals surface area contributed by atoms with Crippen LogP contribution < -0.4 is 5.32 Å². The number of aliphatic hydroxyl groups excluding tert-OH is 1. The maximum atomic E-state index is 9.13. The fourth-order valence-corrected chi connectivity index (χ4v) is 2.79. The van der Waals surface area contributed by atoms with Gasteiger partial charge in [0.2, 0.25) is 0 Å². The molecule has 94 valence electrons. The molecule has 3 nitrogen and oxygen atoms in total. The summed E-state index contributed by atoms with van der Waals surface area (Å²) >= 11 is 0. The molecule has 4 unspecified atom stereocenters. The molecule has 4 atom stereocenters. The second-order valence-corrected chi connectivity index (χ2v) is 5.82. The van der Waals surface area contributed by atoms with E-state index in [2.05, 4.69) is 31.0 Å². The molecule has 1 aliphatic heterocycles. The van der Waals surface area contributed by atoms with Crippen molar-refractivity contribution in [2.24, 2.45) is 5.92 Å². The van der Waals surface area contributed by atoms with E-state index in [1.165, 1.54) is 25.8 Å². The first-order valence-corrected chi connectivity index (χ1v) is 6.74. The molecule has 1 saturated carbocycles. The van der Waals surface area contributed by atoms with E-state index in [9.17, 15) is 0 Å². The van der Waals surface area contributed by atoms with Crippen molar-refractivity contribution in [2.75, 3.05) is 13.2 Å². The van der Waals surface area contributed by atoms with Gasteiger partial charge in [-0.15, -0.1) is 0 Å². The molecule has 1 heterocycles. The Labute approximate surface area is 99.2 Å². The third-order valence-electron chi connectivity index (χ3n) is 4.28. The van der Waals surface area contributed by atoms with Crippen LogP contribution in [0.5, 0.6) is 0 Å². The van der Waals surface area contributed by atoms with Gasteiger partial charge in [-0.1, -0.05) is 6.92 Å². The zero-order chi connectivity index (χ0) is 11.7. The number of rotatable bonds is 5. The van der Waals surface area contributed by atoms with E-state index in [4.69, 9.17) is 5.11 Å². The lowest BCUT2D eigenvalue weighted by Gasteiger charge is -2.24. The SMILES string of the molecule is CC(CO)C(C)NC1CC(C)N(C2CC2)C1. The van der Waals surface area contributed by atoms with E-state index in [0.717, 1.165) is 12.1 Å². The van der Waals surface area contributed by atoms with Crippen molar-refractivity contribution in [2.45, 2.75) is 64.2 Å². The maximum Gasteiger partial charge on any atom is 0.0471 e. The van der Waals surface area contributed by atoms with Crippen molar-refractivity contribution in [1.29, 1.82) is 0 Å². The van der Waals surface area contributed by atoms with Crippen molar-refractivity contribution >= 4 is 0 Å². The smallest absolute Gasteiger partial charge is 0.0471 e. The largest absolute Gasteiger partial charge is 0.396 e. The Morgan fingerprint density at radius 2 is 2.06 bits per heavy atom. The zero-order valence-corrected chi connectivity index (χ0v) is 10.8. The Hall–Kier alpha value is -0.120. The summed E-state index contributed by atoms with van der Waals surface area (Å²) in [5.74, 6) is 0.352. The number of hydrogen-bond acceptors (Lipinski definition) is 3. The van der Waals surface area contributed by atoms with Crippen LogP contribution in [0.3, 0.4) is 0 Å². The van der Waals surface area contributed by atoms with Crippen LogP contribution in [0.1, 0.15) is 40.0 Å². The van der Waals surface area contributed by atoms with Crippen LogP contribution in [0, 0.1) is 5.92 Å². The summed E-state index contributed by atoms with van der Waals surface area (Å²) in [5.41, 5.74) is 0. The molecule has 0 aromatic heterocycles. The predicted molar refractivity (Wildman–Crippen MR) is 66.4 cm³/mol. The monoisotopic (exact) mass is 226 g/mol. The van der Waals surface area contributed by atoms with Gasteiger partial charge >= 0.3 is 0 Å². The molecule has 3 heteroatoms. The fraction of sp³-hybridized carbons (Fsp3) is 1.00. The van der Waals surface area contributed by atoms with Gasteiger partial charge in [-0.05, 0) is 39.0 Å². The molecule has 2 fully saturated rings. The number of nitrogens with zero attached hydrogens (tertiary/aromatic N) is 1. The molecule has 0 aromatic carbocycles. The van der Waals surface area contributed by atoms with E-state index in [-0.39, 0.29) is 6.61 Å². The van der Waals surface area contributed by atoms with Crippen LogP contribution in [-0.4, -0.2) is 47.3 Å². The Morgan fingerprint density at radius 3 is 2.62 bits per heavy atom. The van der Waals surface area contributed by atoms with Gasteiger partial charge in [-0.2, -0.15) is 0 Å². The van der Waals surface area contributed by atoms with Gasteiger partial charge in [0, 0.05) is 37.3 Å². The first-order valence-electron chi connectivity index (χ1n) is 6.74. The van der Waals surface area contributed by atoms with E-state index in [1.807, 2.05) is 0 Å². The molecule has 0 spiro atoms. The molecule has 1 saturated heterocycles. The molecule has 2 rings (SSSR count). The van der Waals surface area contributed by atoms with Crippen molar-refractivity contribution in [3.63, 3.8) is 0 Å². The minimum absolute atomic E-state index is 0.281. The summed E-state index contributed by atoms with van der Waals surface area (Å²) in [6, 6.07) is 2.66. The summed E-state index contributed by atoms with van der Waals surface area (Å²) < 4.78 is 0. The van der Waals surface area contributed by atoms with Crippen LogP contribution in [0.4, 0.5) is 0 Å². The van der Waals surface area contributed by atoms with Crippen LogP contribution in [0.25, 0.3) is 0 Å². The number of hydrogen-bond donors (Lipinski definition) is 2. The zero-order valence-electron chi connectivity index (χ0n) is 10.8. The quantitative estimate of drug-likeness (QED) is 0.740. The van der Waals surface area contributed by atoms with Gasteiger partial charge in [0.1, 0.15) is 0 Å². The topological polar surface area (TPSA) is 35.5 Å². The normalized spacial score (nSPS) is 35.2. The Morgan fingerprint density at radius 1 is 1.38 bits per heavy atom. The minimum atomic E-state index is 0.281. The van der Waals surface area contributed by atoms with Gasteiger partial charge in [0.15, 0.2) is 0 Å². The van der Waals surface area contributed by atoms with E-state index >= 15 is 0 Å². The Balaban J connectivity index is 1.79. The highest BCUT2D eigenvalue weighted by Gasteiger charge is 2.39. The molecule has 0 amide bonds. The van der Waals surface area contributed by atoms with Crippen molar-refractivity contribution in [1.82, 2.24) is 10.2 Å². The average Bonchev–Trinajstić information content (AvgIpc) is 3.03. The standard InChI is InChI=1S/C13H26N2O/c1-9(8-16)11(3)14-12-6-10(2)15(7-12)13-4-5-13/h9-14,16H,4-8H2,1-3H3. The predicted octanol–water partition coefficient (Wildman–Crippen LogP) is 1.22. The first-order chi connectivity index (χ1) is 7.61. The van der Waals surface area contributed by atoms with Crippen LogP contribution in [0.15, 0.2) is 0 Å². The van der Waals surface area contributed by atoms with Crippen LogP contribution in [0.2, 0.25) is 0 Å². The highest BCUT2D eigenvalue weighted by atomic mass is 16.3. The molecular formula is C13H26N2O. The second kappa shape index (κ2) is 5.03. The van der Waals surface area contributed by atoms with Gasteiger partial charge in [0.25, 0.3) is 0 Å². The van der Waals surface area contributed by atoms with Gasteiger partial charge in [0.05, 0.1) is 0 Å². The lowest BCUT2D eigenvalue weighted by atomic mass is 10.0. The van der Waals surface area contributed by atoms with E-state index < -0.39 is 0 Å². The summed E-state index contributed by atoms with van der Waals surface area (Å²) in [4.78, 5) is 2.66. The lowest BCUT2D eigenvalue weighted by molar-refractivity contribution is 0.199. The molecule has 16 heavy (non-hydrogen) atoms. The van der Waals surface area contributed by atoms with E-state index in [1.54, 1.807) is 0 Å². The third kappa shape index (κ3) is 2.76. The van der Waals surface area contributed by atoms with E-state index in [0.29, 0.717) is 18.0 Å². The molecule has 2 aliphatic rings. The molecule has 0 radical (unpaired) electrons. The Bertz CT molecular complexity index is 230. The van der Waals surface area contributed by atoms with Gasteiger partial charge in [-0.25, -0.2) is 0 Å². The van der Waals surface area contributed by atoms with Crippen LogP contribution >= 0.6 is 0 Å². The van der Waals surface area contributed by atoms with Gasteiger partial charge < -0.3 is 10.4 Å². The van der Waals surface area contributed by atoms with Crippen molar-refractivity contribution < 1.29 is 5.11 Å². The lowest BCUT2D eigenvalue weighted by Crippen LogP contribution is -2.42. The summed E-state index contributed by atoms with van der Waals surface area (Å²) in [7, 11) is 0. The van der Waals surface area contributed by atoms with Crippen molar-refractivity contribution in [3.05, 3.63) is 0 Å². The molecule has 0 aromatic rings. The highest BCUT2D eigenvalue weighted by molar-refractivity contribution is 4.96. The molecule has 0 bridgehead atoms. The minimum Gasteiger partial charge on any atom is -0.396 e. The third-order valence-corrected chi connectivity index (χ3v) is 4.28. The van der Waals surface area contributed by atoms with Crippen LogP contribution in [-0.2, 0) is 0 Å². The first kappa shape index (κ1) is 12.3. The number of aliphatic hydroxyl groups is 1. The maximum absolute atomic E-state index is 9.13. The average molecular weight is 226 g/mol. The highest BCUT2D eigenvalue weighted by Crippen LogP contribution is 2.33. The molecule has 2 N–H and O–H groups in total. The van der Waals surface area contributed by atoms with Gasteiger partial charge in [-0.3, -0.25) is 4.90 Å².